The van der Waals surface area contributed by atoms with Crippen LogP contribution in [0.25, 0.3) is 16.7 Å². The van der Waals surface area contributed by atoms with Crippen LogP contribution in [0.15, 0.2) is 59.5 Å². The molecule has 0 aliphatic heterocycles. The molecule has 0 spiro atoms. The molecule has 3 heterocycles. The van der Waals surface area contributed by atoms with E-state index < -0.39 is 5.91 Å². The molecule has 0 saturated heterocycles. The molecule has 4 rings (SSSR count). The summed E-state index contributed by atoms with van der Waals surface area (Å²) < 4.78 is 8.15. The first-order chi connectivity index (χ1) is 15.0. The van der Waals surface area contributed by atoms with Gasteiger partial charge in [0.1, 0.15) is 16.8 Å². The van der Waals surface area contributed by atoms with Crippen molar-refractivity contribution in [3.8, 4) is 0 Å². The molecule has 31 heavy (non-hydrogen) atoms. The summed E-state index contributed by atoms with van der Waals surface area (Å²) in [5.41, 5.74) is 2.72. The van der Waals surface area contributed by atoms with Gasteiger partial charge in [-0.25, -0.2) is 4.98 Å². The Labute approximate surface area is 178 Å². The number of nitrogens with one attached hydrogen (secondary N) is 2. The summed E-state index contributed by atoms with van der Waals surface area (Å²) in [5, 5.41) is 11.7. The third-order valence-corrected chi connectivity index (χ3v) is 5.16. The number of benzene rings is 1. The predicted octanol–water partition coefficient (Wildman–Crippen LogP) is 2.01. The minimum Gasteiger partial charge on any atom is -0.383 e. The quantitative estimate of drug-likeness (QED) is 0.469. The first-order valence-corrected chi connectivity index (χ1v) is 9.92. The predicted molar refractivity (Wildman–Crippen MR) is 117 cm³/mol. The number of nitrogens with zero attached hydrogens (tertiary/aromatic N) is 3. The maximum Gasteiger partial charge on any atom is 0.267 e. The Morgan fingerprint density at radius 3 is 2.71 bits per heavy atom. The van der Waals surface area contributed by atoms with Crippen molar-refractivity contribution >= 4 is 22.6 Å². The second kappa shape index (κ2) is 8.53. The van der Waals surface area contributed by atoms with E-state index in [1.165, 1.54) is 10.5 Å². The number of aryl methyl sites for hydroxylation is 1. The van der Waals surface area contributed by atoms with Crippen LogP contribution in [-0.4, -0.2) is 33.6 Å². The number of hydrogen-bond donors (Lipinski definition) is 2. The van der Waals surface area contributed by atoms with Gasteiger partial charge < -0.3 is 14.6 Å². The van der Waals surface area contributed by atoms with Crippen LogP contribution in [-0.2, 0) is 17.8 Å². The number of fused-ring (bicyclic) bond motifs is 2. The fourth-order valence-corrected chi connectivity index (χ4v) is 3.44. The Kier molecular flexibility index (Phi) is 5.64. The standard InChI is InChI=1S/C23H23N5O3/c1-15-6-8-16(9-7-15)14-25-22(29)17-13-18-21(28(20(17)24)11-12-31-2)26-19-5-3-4-10-27(19)23(18)30/h3-10,13,24H,11-12,14H2,1-2H3,(H,25,29). The average Bonchev–Trinajstić information content (AvgIpc) is 2.78. The first-order valence-electron chi connectivity index (χ1n) is 9.92. The molecule has 4 aromatic rings. The van der Waals surface area contributed by atoms with Crippen LogP contribution in [0.5, 0.6) is 0 Å². The Morgan fingerprint density at radius 2 is 1.97 bits per heavy atom. The molecule has 2 N–H and O–H groups in total. The second-order valence-electron chi connectivity index (χ2n) is 7.30. The molecule has 0 unspecified atom stereocenters. The normalized spacial score (nSPS) is 11.2. The van der Waals surface area contributed by atoms with Gasteiger partial charge in [0.15, 0.2) is 0 Å². The van der Waals surface area contributed by atoms with Gasteiger partial charge in [-0.2, -0.15) is 0 Å². The Morgan fingerprint density at radius 1 is 1.19 bits per heavy atom. The van der Waals surface area contributed by atoms with Crippen molar-refractivity contribution in [3.05, 3.63) is 87.3 Å². The smallest absolute Gasteiger partial charge is 0.267 e. The molecule has 8 nitrogen and oxygen atoms in total. The molecule has 0 saturated carbocycles. The molecule has 0 bridgehead atoms. The van der Waals surface area contributed by atoms with Crippen molar-refractivity contribution in [2.45, 2.75) is 20.0 Å². The third-order valence-electron chi connectivity index (χ3n) is 5.16. The number of methoxy groups -OCH3 is 1. The minimum absolute atomic E-state index is 0.0156. The van der Waals surface area contributed by atoms with Crippen LogP contribution in [0, 0.1) is 12.3 Å². The van der Waals surface area contributed by atoms with Crippen molar-refractivity contribution in [1.82, 2.24) is 19.3 Å². The van der Waals surface area contributed by atoms with Gasteiger partial charge in [-0.15, -0.1) is 0 Å². The Hall–Kier alpha value is -3.78. The van der Waals surface area contributed by atoms with Crippen molar-refractivity contribution in [2.75, 3.05) is 13.7 Å². The van der Waals surface area contributed by atoms with Crippen molar-refractivity contribution in [2.24, 2.45) is 0 Å². The lowest BCUT2D eigenvalue weighted by Gasteiger charge is -2.14. The van der Waals surface area contributed by atoms with Gasteiger partial charge in [-0.1, -0.05) is 35.9 Å². The van der Waals surface area contributed by atoms with Gasteiger partial charge >= 0.3 is 0 Å². The van der Waals surface area contributed by atoms with E-state index in [-0.39, 0.29) is 22.0 Å². The zero-order chi connectivity index (χ0) is 22.0. The summed E-state index contributed by atoms with van der Waals surface area (Å²) >= 11 is 0. The number of hydrogen-bond acceptors (Lipinski definition) is 5. The van der Waals surface area contributed by atoms with E-state index in [0.29, 0.717) is 31.0 Å². The zero-order valence-corrected chi connectivity index (χ0v) is 17.4. The Balaban J connectivity index is 1.81. The number of rotatable bonds is 6. The fourth-order valence-electron chi connectivity index (χ4n) is 3.44. The van der Waals surface area contributed by atoms with E-state index in [1.54, 1.807) is 36.1 Å². The van der Waals surface area contributed by atoms with Crippen LogP contribution in [0.4, 0.5) is 0 Å². The molecule has 1 amide bonds. The lowest BCUT2D eigenvalue weighted by atomic mass is 10.1. The van der Waals surface area contributed by atoms with E-state index in [2.05, 4.69) is 10.3 Å². The molecule has 158 valence electrons. The van der Waals surface area contributed by atoms with E-state index in [9.17, 15) is 9.59 Å². The van der Waals surface area contributed by atoms with Crippen LogP contribution in [0.2, 0.25) is 0 Å². The van der Waals surface area contributed by atoms with E-state index in [4.69, 9.17) is 10.1 Å². The SMILES string of the molecule is COCCn1c(=N)c(C(=O)NCc2ccc(C)cc2)cc2c(=O)n3ccccc3nc21. The number of ether oxygens (including phenoxy) is 1. The van der Waals surface area contributed by atoms with Crippen LogP contribution < -0.4 is 16.4 Å². The number of carbonyl (C=O) groups excluding carboxylic acids is 1. The van der Waals surface area contributed by atoms with Crippen LogP contribution in [0.3, 0.4) is 0 Å². The van der Waals surface area contributed by atoms with Crippen LogP contribution in [0.1, 0.15) is 21.5 Å². The highest BCUT2D eigenvalue weighted by atomic mass is 16.5. The van der Waals surface area contributed by atoms with Gasteiger partial charge in [-0.05, 0) is 30.7 Å². The minimum atomic E-state index is -0.420. The van der Waals surface area contributed by atoms with Gasteiger partial charge in [0.2, 0.25) is 0 Å². The number of aromatic nitrogens is 3. The van der Waals surface area contributed by atoms with Gasteiger partial charge in [0.05, 0.1) is 17.6 Å². The average molecular weight is 417 g/mol. The fraction of sp³-hybridized carbons (Fsp3) is 0.217. The topological polar surface area (TPSA) is 101 Å². The van der Waals surface area contributed by atoms with E-state index in [1.807, 2.05) is 31.2 Å². The van der Waals surface area contributed by atoms with Gasteiger partial charge in [-0.3, -0.25) is 19.4 Å². The van der Waals surface area contributed by atoms with E-state index in [0.717, 1.165) is 11.1 Å². The number of carbonyl (C=O) groups is 1. The van der Waals surface area contributed by atoms with Crippen molar-refractivity contribution in [3.63, 3.8) is 0 Å². The highest BCUT2D eigenvalue weighted by molar-refractivity contribution is 5.96. The lowest BCUT2D eigenvalue weighted by molar-refractivity contribution is 0.0948. The highest BCUT2D eigenvalue weighted by Gasteiger charge is 2.17. The summed E-state index contributed by atoms with van der Waals surface area (Å²) in [6.45, 7) is 2.93. The molecule has 3 aromatic heterocycles. The van der Waals surface area contributed by atoms with E-state index >= 15 is 0 Å². The summed E-state index contributed by atoms with van der Waals surface area (Å²) in [6, 6.07) is 14.6. The molecule has 1 aromatic carbocycles. The lowest BCUT2D eigenvalue weighted by Crippen LogP contribution is -2.35. The number of amides is 1. The number of pyridine rings is 2. The maximum absolute atomic E-state index is 13.1. The molecule has 0 radical (unpaired) electrons. The molecule has 0 aliphatic rings. The van der Waals surface area contributed by atoms with Gasteiger partial charge in [0, 0.05) is 26.4 Å². The molecule has 8 heteroatoms. The molecule has 0 aliphatic carbocycles. The Bertz CT molecular complexity index is 1390. The largest absolute Gasteiger partial charge is 0.383 e. The van der Waals surface area contributed by atoms with Crippen molar-refractivity contribution in [1.29, 1.82) is 5.41 Å². The zero-order valence-electron chi connectivity index (χ0n) is 17.4. The highest BCUT2D eigenvalue weighted by Crippen LogP contribution is 2.11. The summed E-state index contributed by atoms with van der Waals surface area (Å²) in [6.07, 6.45) is 1.63. The first kappa shape index (κ1) is 20.5. The monoisotopic (exact) mass is 417 g/mol. The molecular weight excluding hydrogens is 394 g/mol. The summed E-state index contributed by atoms with van der Waals surface area (Å²) in [5.74, 6) is -0.420. The molecule has 0 atom stereocenters. The summed E-state index contributed by atoms with van der Waals surface area (Å²) in [4.78, 5) is 30.6. The van der Waals surface area contributed by atoms with Gasteiger partial charge in [0.25, 0.3) is 11.5 Å². The van der Waals surface area contributed by atoms with Crippen molar-refractivity contribution < 1.29 is 9.53 Å². The maximum atomic E-state index is 13.1. The third kappa shape index (κ3) is 3.97. The molecular formula is C23H23N5O3. The second-order valence-corrected chi connectivity index (χ2v) is 7.30. The molecule has 0 fully saturated rings. The summed E-state index contributed by atoms with van der Waals surface area (Å²) in [7, 11) is 1.56. The van der Waals surface area contributed by atoms with Crippen LogP contribution >= 0.6 is 0 Å².